The van der Waals surface area contributed by atoms with E-state index in [-0.39, 0.29) is 25.5 Å². The molecule has 0 fully saturated rings. The highest BCUT2D eigenvalue weighted by Gasteiger charge is 2.29. The number of nitrogens with zero attached hydrogens (tertiary/aromatic N) is 1. The molecule has 0 aliphatic heterocycles. The zero-order valence-electron chi connectivity index (χ0n) is 19.1. The number of aromatic amines is 1. The van der Waals surface area contributed by atoms with Crippen molar-refractivity contribution in [3.63, 3.8) is 0 Å². The average Bonchev–Trinajstić information content (AvgIpc) is 3.54. The highest BCUT2D eigenvalue weighted by Crippen LogP contribution is 2.44. The fourth-order valence-electron chi connectivity index (χ4n) is 4.74. The number of hydrogen-bond donors (Lipinski definition) is 4. The van der Waals surface area contributed by atoms with Gasteiger partial charge < -0.3 is 20.3 Å². The molecule has 2 unspecified atom stereocenters. The van der Waals surface area contributed by atoms with E-state index in [1.54, 1.807) is 24.4 Å². The Morgan fingerprint density at radius 2 is 1.54 bits per heavy atom. The first-order valence-corrected chi connectivity index (χ1v) is 11.7. The Bertz CT molecular complexity index is 1260. The van der Waals surface area contributed by atoms with E-state index in [2.05, 4.69) is 39.8 Å². The number of aliphatic hydroxyl groups is 2. The molecular weight excluding hydrogens is 442 g/mol. The highest BCUT2D eigenvalue weighted by molar-refractivity contribution is 5.79. The largest absolute Gasteiger partial charge is 0.449 e. The molecule has 4 aromatic rings. The first kappa shape index (κ1) is 22.8. The Hall–Kier alpha value is -3.94. The predicted molar refractivity (Wildman–Crippen MR) is 133 cm³/mol. The normalized spacial score (nSPS) is 14.1. The van der Waals surface area contributed by atoms with Gasteiger partial charge in [-0.25, -0.2) is 4.79 Å². The smallest absolute Gasteiger partial charge is 0.407 e. The number of aliphatic hydroxyl groups excluding tert-OH is 2. The van der Waals surface area contributed by atoms with Gasteiger partial charge in [-0.1, -0.05) is 72.8 Å². The second-order valence-corrected chi connectivity index (χ2v) is 8.61. The third kappa shape index (κ3) is 4.69. The first-order chi connectivity index (χ1) is 17.1. The number of carbonyl (C=O) groups excluding carboxylic acids is 1. The number of benzene rings is 3. The summed E-state index contributed by atoms with van der Waals surface area (Å²) >= 11 is 0. The van der Waals surface area contributed by atoms with Crippen molar-refractivity contribution >= 4 is 6.09 Å². The van der Waals surface area contributed by atoms with Crippen LogP contribution in [0, 0.1) is 0 Å². The van der Waals surface area contributed by atoms with E-state index in [1.165, 1.54) is 11.1 Å². The number of ether oxygens (including phenoxy) is 1. The van der Waals surface area contributed by atoms with Crippen LogP contribution in [0.25, 0.3) is 22.4 Å². The maximum absolute atomic E-state index is 12.4. The highest BCUT2D eigenvalue weighted by atomic mass is 16.5. The number of amides is 1. The van der Waals surface area contributed by atoms with Gasteiger partial charge in [-0.2, -0.15) is 5.10 Å². The van der Waals surface area contributed by atoms with E-state index in [0.29, 0.717) is 5.56 Å². The van der Waals surface area contributed by atoms with Gasteiger partial charge in [0.05, 0.1) is 11.8 Å². The molecule has 0 saturated heterocycles. The van der Waals surface area contributed by atoms with Crippen LogP contribution in [0.1, 0.15) is 35.1 Å². The van der Waals surface area contributed by atoms with Gasteiger partial charge in [0.2, 0.25) is 0 Å². The maximum atomic E-state index is 12.4. The van der Waals surface area contributed by atoms with Crippen molar-refractivity contribution in [1.29, 1.82) is 0 Å². The van der Waals surface area contributed by atoms with Crippen molar-refractivity contribution in [1.82, 2.24) is 15.5 Å². The van der Waals surface area contributed by atoms with Crippen molar-refractivity contribution < 1.29 is 19.7 Å². The van der Waals surface area contributed by atoms with Gasteiger partial charge in [0.25, 0.3) is 0 Å². The Morgan fingerprint density at radius 3 is 2.20 bits per heavy atom. The molecule has 2 atom stereocenters. The third-order valence-corrected chi connectivity index (χ3v) is 6.49. The Labute approximate surface area is 203 Å². The molecule has 1 aromatic heterocycles. The standard InChI is InChI=1S/C28H27N3O4/c32-26(27(33)23-12-6-5-11-22(23)25-13-16-30-31-25)14-15-29-28(34)35-17-24-20-9-3-1-7-18(20)19-8-2-4-10-21(19)24/h1-13,16,24,26-27,32-33H,14-15,17H2,(H,29,34)(H,30,31). The topological polar surface area (TPSA) is 107 Å². The van der Waals surface area contributed by atoms with Crippen LogP contribution < -0.4 is 5.32 Å². The molecule has 1 aliphatic carbocycles. The second-order valence-electron chi connectivity index (χ2n) is 8.61. The molecule has 7 heteroatoms. The fourth-order valence-corrected chi connectivity index (χ4v) is 4.74. The monoisotopic (exact) mass is 469 g/mol. The summed E-state index contributed by atoms with van der Waals surface area (Å²) in [6.45, 7) is 0.393. The number of rotatable bonds is 8. The van der Waals surface area contributed by atoms with Crippen molar-refractivity contribution in [2.24, 2.45) is 0 Å². The molecule has 1 heterocycles. The number of aromatic nitrogens is 2. The zero-order valence-corrected chi connectivity index (χ0v) is 19.1. The van der Waals surface area contributed by atoms with Crippen molar-refractivity contribution in [3.05, 3.63) is 102 Å². The number of fused-ring (bicyclic) bond motifs is 3. The van der Waals surface area contributed by atoms with Gasteiger partial charge in [0.15, 0.2) is 0 Å². The van der Waals surface area contributed by atoms with Crippen molar-refractivity contribution in [3.8, 4) is 22.4 Å². The van der Waals surface area contributed by atoms with Gasteiger partial charge in [-0.15, -0.1) is 0 Å². The number of nitrogens with one attached hydrogen (secondary N) is 2. The third-order valence-electron chi connectivity index (χ3n) is 6.49. The fraction of sp³-hybridized carbons (Fsp3) is 0.214. The lowest BCUT2D eigenvalue weighted by Gasteiger charge is -2.21. The molecule has 0 radical (unpaired) electrons. The van der Waals surface area contributed by atoms with E-state index < -0.39 is 18.3 Å². The lowest BCUT2D eigenvalue weighted by molar-refractivity contribution is 0.0140. The molecule has 0 spiro atoms. The second kappa shape index (κ2) is 10.1. The lowest BCUT2D eigenvalue weighted by Crippen LogP contribution is -2.30. The first-order valence-electron chi connectivity index (χ1n) is 11.7. The van der Waals surface area contributed by atoms with Crippen molar-refractivity contribution in [2.45, 2.75) is 24.5 Å². The Morgan fingerprint density at radius 1 is 0.914 bits per heavy atom. The van der Waals surface area contributed by atoms with Crippen LogP contribution in [0.5, 0.6) is 0 Å². The van der Waals surface area contributed by atoms with Crippen molar-refractivity contribution in [2.75, 3.05) is 13.2 Å². The van der Waals surface area contributed by atoms with Gasteiger partial charge in [0, 0.05) is 24.2 Å². The molecule has 4 N–H and O–H groups in total. The Balaban J connectivity index is 1.15. The van der Waals surface area contributed by atoms with Crippen LogP contribution in [0.4, 0.5) is 4.79 Å². The minimum absolute atomic E-state index is 0.0143. The Kier molecular flexibility index (Phi) is 6.61. The van der Waals surface area contributed by atoms with Crippen LogP contribution >= 0.6 is 0 Å². The van der Waals surface area contributed by atoms with E-state index in [0.717, 1.165) is 22.4 Å². The van der Waals surface area contributed by atoms with Gasteiger partial charge in [-0.05, 0) is 40.3 Å². The molecule has 5 rings (SSSR count). The van der Waals surface area contributed by atoms with Crippen LogP contribution in [-0.4, -0.2) is 45.8 Å². The molecular formula is C28H27N3O4. The summed E-state index contributed by atoms with van der Waals surface area (Å²) in [6, 6.07) is 25.4. The van der Waals surface area contributed by atoms with Crippen LogP contribution in [0.2, 0.25) is 0 Å². The van der Waals surface area contributed by atoms with E-state index in [1.807, 2.05) is 36.4 Å². The summed E-state index contributed by atoms with van der Waals surface area (Å²) in [5.74, 6) is -0.0143. The number of H-pyrrole nitrogens is 1. The average molecular weight is 470 g/mol. The molecule has 1 amide bonds. The molecule has 1 aliphatic rings. The minimum Gasteiger partial charge on any atom is -0.449 e. The summed E-state index contributed by atoms with van der Waals surface area (Å²) < 4.78 is 5.53. The van der Waals surface area contributed by atoms with E-state index >= 15 is 0 Å². The zero-order chi connectivity index (χ0) is 24.2. The minimum atomic E-state index is -1.11. The van der Waals surface area contributed by atoms with E-state index in [9.17, 15) is 15.0 Å². The summed E-state index contributed by atoms with van der Waals surface area (Å²) in [6.07, 6.45) is -0.922. The van der Waals surface area contributed by atoms with Crippen LogP contribution in [0.15, 0.2) is 85.1 Å². The molecule has 0 saturated carbocycles. The van der Waals surface area contributed by atoms with Crippen LogP contribution in [0.3, 0.4) is 0 Å². The van der Waals surface area contributed by atoms with Gasteiger partial charge >= 0.3 is 6.09 Å². The summed E-state index contributed by atoms with van der Waals surface area (Å²) in [7, 11) is 0. The van der Waals surface area contributed by atoms with Gasteiger partial charge in [0.1, 0.15) is 12.7 Å². The quantitative estimate of drug-likeness (QED) is 0.306. The molecule has 3 aromatic carbocycles. The SMILES string of the molecule is O=C(NCCC(O)C(O)c1ccccc1-c1ccn[nH]1)OCC1c2ccccc2-c2ccccc21. The number of carbonyl (C=O) groups is 1. The van der Waals surface area contributed by atoms with Crippen LogP contribution in [-0.2, 0) is 4.74 Å². The summed E-state index contributed by atoms with van der Waals surface area (Å²) in [4.78, 5) is 12.4. The molecule has 178 valence electrons. The lowest BCUT2D eigenvalue weighted by atomic mass is 9.95. The summed E-state index contributed by atoms with van der Waals surface area (Å²) in [5, 5.41) is 30.8. The predicted octanol–water partition coefficient (Wildman–Crippen LogP) is 4.40. The molecule has 0 bridgehead atoms. The number of hydrogen-bond acceptors (Lipinski definition) is 5. The maximum Gasteiger partial charge on any atom is 0.407 e. The molecule has 35 heavy (non-hydrogen) atoms. The van der Waals surface area contributed by atoms with Gasteiger partial charge in [-0.3, -0.25) is 5.10 Å². The van der Waals surface area contributed by atoms with E-state index in [4.69, 9.17) is 4.74 Å². The summed E-state index contributed by atoms with van der Waals surface area (Å²) in [5.41, 5.74) is 6.75. The number of alkyl carbamates (subject to hydrolysis) is 1. The molecule has 7 nitrogen and oxygen atoms in total.